The van der Waals surface area contributed by atoms with Gasteiger partial charge in [0.1, 0.15) is 5.75 Å². The molecule has 1 heterocycles. The first-order valence-electron chi connectivity index (χ1n) is 9.50. The van der Waals surface area contributed by atoms with E-state index in [4.69, 9.17) is 0 Å². The molecule has 2 nitrogen and oxygen atoms in total. The molecule has 1 aromatic heterocycles. The molecule has 0 radical (unpaired) electrons. The van der Waals surface area contributed by atoms with Crippen molar-refractivity contribution < 1.29 is 5.11 Å². The summed E-state index contributed by atoms with van der Waals surface area (Å²) in [5, 5.41) is 11.1. The molecule has 136 valence electrons. The normalized spacial score (nSPS) is 11.4. The number of phenols is 1. The van der Waals surface area contributed by atoms with Crippen molar-refractivity contribution in [2.24, 2.45) is 0 Å². The van der Waals surface area contributed by atoms with Crippen molar-refractivity contribution in [2.45, 2.75) is 33.2 Å². The molecule has 1 N–H and O–H groups in total. The lowest BCUT2D eigenvalue weighted by atomic mass is 10.0. The number of aromatic nitrogens is 1. The number of phenolic OH excluding ortho intramolecular Hbond substituents is 1. The number of hydrogen-bond donors (Lipinski definition) is 1. The third-order valence-electron chi connectivity index (χ3n) is 5.33. The van der Waals surface area contributed by atoms with E-state index in [0.29, 0.717) is 11.7 Å². The van der Waals surface area contributed by atoms with Gasteiger partial charge in [-0.1, -0.05) is 68.4 Å². The average Bonchev–Trinajstić information content (AvgIpc) is 2.94. The summed E-state index contributed by atoms with van der Waals surface area (Å²) >= 11 is 0. The van der Waals surface area contributed by atoms with Crippen molar-refractivity contribution in [3.8, 4) is 17.0 Å². The van der Waals surface area contributed by atoms with Crippen molar-refractivity contribution >= 4 is 10.9 Å². The van der Waals surface area contributed by atoms with Crippen LogP contribution in [0.4, 0.5) is 0 Å². The molecule has 2 heteroatoms. The highest BCUT2D eigenvalue weighted by atomic mass is 16.3. The first-order valence-corrected chi connectivity index (χ1v) is 9.50. The summed E-state index contributed by atoms with van der Waals surface area (Å²) in [6.45, 7) is 7.38. The molecule has 0 saturated heterocycles. The van der Waals surface area contributed by atoms with Crippen molar-refractivity contribution in [2.75, 3.05) is 0 Å². The Hall–Kier alpha value is -3.00. The Morgan fingerprint density at radius 1 is 0.889 bits per heavy atom. The monoisotopic (exact) mass is 355 g/mol. The van der Waals surface area contributed by atoms with Crippen molar-refractivity contribution in [1.29, 1.82) is 0 Å². The molecule has 0 bridgehead atoms. The maximum Gasteiger partial charge on any atom is 0.116 e. The third kappa shape index (κ3) is 3.23. The van der Waals surface area contributed by atoms with E-state index in [1.165, 1.54) is 27.9 Å². The predicted octanol–water partition coefficient (Wildman–Crippen LogP) is 6.49. The lowest BCUT2D eigenvalue weighted by Gasteiger charge is -2.13. The Bertz CT molecular complexity index is 1070. The fourth-order valence-corrected chi connectivity index (χ4v) is 3.83. The molecule has 3 aromatic carbocycles. The summed E-state index contributed by atoms with van der Waals surface area (Å²) in [7, 11) is 0. The minimum atomic E-state index is 0.309. The zero-order chi connectivity index (χ0) is 19.0. The van der Waals surface area contributed by atoms with Crippen molar-refractivity contribution in [1.82, 2.24) is 4.57 Å². The second-order valence-electron chi connectivity index (χ2n) is 7.52. The molecule has 0 aliphatic rings. The maximum absolute atomic E-state index is 9.99. The van der Waals surface area contributed by atoms with E-state index < -0.39 is 0 Å². The Morgan fingerprint density at radius 2 is 1.59 bits per heavy atom. The van der Waals surface area contributed by atoms with Crippen LogP contribution in [0.15, 0.2) is 72.8 Å². The molecule has 0 atom stereocenters. The highest BCUT2D eigenvalue weighted by molar-refractivity contribution is 5.92. The van der Waals surface area contributed by atoms with Gasteiger partial charge in [-0.2, -0.15) is 0 Å². The van der Waals surface area contributed by atoms with E-state index in [2.05, 4.69) is 73.9 Å². The van der Waals surface area contributed by atoms with Gasteiger partial charge in [0.15, 0.2) is 0 Å². The highest BCUT2D eigenvalue weighted by Crippen LogP contribution is 2.35. The van der Waals surface area contributed by atoms with Crippen LogP contribution in [0.5, 0.6) is 5.75 Å². The number of fused-ring (bicyclic) bond motifs is 1. The fourth-order valence-electron chi connectivity index (χ4n) is 3.83. The van der Waals surface area contributed by atoms with Gasteiger partial charge in [0, 0.05) is 17.4 Å². The van der Waals surface area contributed by atoms with Crippen LogP contribution in [-0.2, 0) is 6.54 Å². The molecule has 0 aliphatic heterocycles. The van der Waals surface area contributed by atoms with Crippen LogP contribution in [0.25, 0.3) is 22.2 Å². The molecule has 0 unspecified atom stereocenters. The second-order valence-corrected chi connectivity index (χ2v) is 7.52. The highest BCUT2D eigenvalue weighted by Gasteiger charge is 2.16. The van der Waals surface area contributed by atoms with E-state index in [0.717, 1.165) is 17.4 Å². The third-order valence-corrected chi connectivity index (χ3v) is 5.33. The van der Waals surface area contributed by atoms with Crippen molar-refractivity contribution in [3.63, 3.8) is 0 Å². The number of aryl methyl sites for hydroxylation is 1. The molecule has 0 aliphatic carbocycles. The van der Waals surface area contributed by atoms with E-state index in [1.807, 2.05) is 18.2 Å². The topological polar surface area (TPSA) is 25.2 Å². The molecule has 4 rings (SSSR count). The summed E-state index contributed by atoms with van der Waals surface area (Å²) in [6, 6.07) is 25.1. The molecule has 4 aromatic rings. The second kappa shape index (κ2) is 6.96. The van der Waals surface area contributed by atoms with Gasteiger partial charge in [-0.15, -0.1) is 0 Å². The van der Waals surface area contributed by atoms with Crippen LogP contribution in [0.2, 0.25) is 0 Å². The largest absolute Gasteiger partial charge is 0.508 e. The Kier molecular flexibility index (Phi) is 4.49. The number of aromatic hydroxyl groups is 1. The number of rotatable bonds is 4. The Labute approximate surface area is 160 Å². The van der Waals surface area contributed by atoms with Gasteiger partial charge in [-0.05, 0) is 53.3 Å². The quantitative estimate of drug-likeness (QED) is 0.444. The smallest absolute Gasteiger partial charge is 0.116 e. The van der Waals surface area contributed by atoms with Crippen LogP contribution in [0.1, 0.15) is 36.5 Å². The lowest BCUT2D eigenvalue weighted by Crippen LogP contribution is -2.02. The fraction of sp³-hybridized carbons (Fsp3) is 0.200. The van der Waals surface area contributed by atoms with E-state index in [1.54, 1.807) is 6.07 Å². The number of nitrogens with zero attached hydrogens (tertiary/aromatic N) is 1. The summed E-state index contributed by atoms with van der Waals surface area (Å²) < 4.78 is 2.36. The molecule has 0 spiro atoms. The molecule has 27 heavy (non-hydrogen) atoms. The van der Waals surface area contributed by atoms with Crippen LogP contribution < -0.4 is 0 Å². The SMILES string of the molecule is Cc1c(-c2ccccc2)n(Cc2ccc(C(C)C)cc2)c2ccc(O)cc12. The predicted molar refractivity (Wildman–Crippen MR) is 113 cm³/mol. The first kappa shape index (κ1) is 17.4. The minimum absolute atomic E-state index is 0.309. The van der Waals surface area contributed by atoms with Gasteiger partial charge in [-0.25, -0.2) is 0 Å². The Balaban J connectivity index is 1.87. The summed E-state index contributed by atoms with van der Waals surface area (Å²) in [5.74, 6) is 0.847. The summed E-state index contributed by atoms with van der Waals surface area (Å²) in [4.78, 5) is 0. The first-order chi connectivity index (χ1) is 13.0. The maximum atomic E-state index is 9.99. The van der Waals surface area contributed by atoms with Crippen LogP contribution in [0, 0.1) is 6.92 Å². The zero-order valence-electron chi connectivity index (χ0n) is 16.1. The number of benzene rings is 3. The van der Waals surface area contributed by atoms with E-state index >= 15 is 0 Å². The molecular formula is C25H25NO. The van der Waals surface area contributed by atoms with Crippen molar-refractivity contribution in [3.05, 3.63) is 89.5 Å². The average molecular weight is 355 g/mol. The van der Waals surface area contributed by atoms with Crippen LogP contribution >= 0.6 is 0 Å². The standard InChI is InChI=1S/C25H25NO/c1-17(2)20-11-9-19(10-12-20)16-26-24-14-13-22(27)15-23(24)18(3)25(26)21-7-5-4-6-8-21/h4-15,17,27H,16H2,1-3H3. The minimum Gasteiger partial charge on any atom is -0.508 e. The van der Waals surface area contributed by atoms with Crippen LogP contribution in [0.3, 0.4) is 0 Å². The summed E-state index contributed by atoms with van der Waals surface area (Å²) in [6.07, 6.45) is 0. The van der Waals surface area contributed by atoms with Gasteiger partial charge < -0.3 is 9.67 Å². The van der Waals surface area contributed by atoms with E-state index in [-0.39, 0.29) is 0 Å². The molecular weight excluding hydrogens is 330 g/mol. The van der Waals surface area contributed by atoms with Gasteiger partial charge in [0.25, 0.3) is 0 Å². The molecule has 0 fully saturated rings. The van der Waals surface area contributed by atoms with Crippen LogP contribution in [-0.4, -0.2) is 9.67 Å². The zero-order valence-corrected chi connectivity index (χ0v) is 16.1. The van der Waals surface area contributed by atoms with Gasteiger partial charge in [0.2, 0.25) is 0 Å². The van der Waals surface area contributed by atoms with Gasteiger partial charge in [-0.3, -0.25) is 0 Å². The molecule has 0 amide bonds. The molecule has 0 saturated carbocycles. The number of hydrogen-bond acceptors (Lipinski definition) is 1. The summed E-state index contributed by atoms with van der Waals surface area (Å²) in [5.41, 5.74) is 7.40. The van der Waals surface area contributed by atoms with Gasteiger partial charge >= 0.3 is 0 Å². The van der Waals surface area contributed by atoms with Gasteiger partial charge in [0.05, 0.1) is 5.69 Å². The van der Waals surface area contributed by atoms with E-state index in [9.17, 15) is 5.11 Å². The Morgan fingerprint density at radius 3 is 2.26 bits per heavy atom. The lowest BCUT2D eigenvalue weighted by molar-refractivity contribution is 0.476.